The van der Waals surface area contributed by atoms with E-state index in [0.717, 1.165) is 22.8 Å². The van der Waals surface area contributed by atoms with Gasteiger partial charge in [-0.25, -0.2) is 18.4 Å². The first-order valence-electron chi connectivity index (χ1n) is 14.3. The maximum Gasteiger partial charge on any atom is 0.323 e. The monoisotopic (exact) mass is 656 g/mol. The van der Waals surface area contributed by atoms with Crippen molar-refractivity contribution in [2.45, 2.75) is 58.5 Å². The first kappa shape index (κ1) is 35.5. The number of benzene rings is 2. The third-order valence-electron chi connectivity index (χ3n) is 6.91. The van der Waals surface area contributed by atoms with Gasteiger partial charge >= 0.3 is 5.97 Å². The molecule has 1 atom stereocenters. The van der Waals surface area contributed by atoms with Crippen molar-refractivity contribution >= 4 is 61.6 Å². The van der Waals surface area contributed by atoms with Crippen molar-refractivity contribution in [2.24, 2.45) is 5.92 Å². The standard InChI is InChI=1S/C31H40N6O6S2/c1-19(2)31(40)44-27(21(4)37(18-38)17-23-16-33-22(5)34-29(23)32)14-15-43-30(39)20(3)35-45(41,42)28-13-9-10-24-25(28)11-8-12-26(24)36(6)7/h8-13,16,18-20,35H,14-15,17H2,1-7H3,(H2,32,33,34). The predicted octanol–water partition coefficient (Wildman–Crippen LogP) is 3.99. The van der Waals surface area contributed by atoms with Gasteiger partial charge in [0.25, 0.3) is 0 Å². The van der Waals surface area contributed by atoms with Gasteiger partial charge in [-0.3, -0.25) is 14.4 Å². The number of hydrogen-bond acceptors (Lipinski definition) is 11. The molecule has 242 valence electrons. The zero-order valence-electron chi connectivity index (χ0n) is 26.5. The van der Waals surface area contributed by atoms with E-state index < -0.39 is 22.0 Å². The Kier molecular flexibility index (Phi) is 12.1. The summed E-state index contributed by atoms with van der Waals surface area (Å²) < 4.78 is 34.6. The number of fused-ring (bicyclic) bond motifs is 1. The molecule has 0 aliphatic heterocycles. The molecule has 0 radical (unpaired) electrons. The lowest BCUT2D eigenvalue weighted by atomic mass is 10.1. The zero-order chi connectivity index (χ0) is 33.5. The number of anilines is 2. The predicted molar refractivity (Wildman–Crippen MR) is 177 cm³/mol. The number of ether oxygens (including phenoxy) is 1. The normalized spacial score (nSPS) is 12.9. The average molecular weight is 657 g/mol. The molecular weight excluding hydrogens is 617 g/mol. The van der Waals surface area contributed by atoms with Crippen molar-refractivity contribution in [2.75, 3.05) is 31.3 Å². The minimum atomic E-state index is -4.10. The molecule has 0 fully saturated rings. The second-order valence-corrected chi connectivity index (χ2v) is 13.7. The average Bonchev–Trinajstić information content (AvgIpc) is 2.98. The lowest BCUT2D eigenvalue weighted by molar-refractivity contribution is -0.145. The van der Waals surface area contributed by atoms with Gasteiger partial charge in [-0.15, -0.1) is 0 Å². The molecule has 3 rings (SSSR count). The van der Waals surface area contributed by atoms with Gasteiger partial charge in [0, 0.05) is 65.3 Å². The Morgan fingerprint density at radius 1 is 1.11 bits per heavy atom. The van der Waals surface area contributed by atoms with Crippen LogP contribution in [0.4, 0.5) is 11.5 Å². The Hall–Kier alpha value is -4.01. The molecule has 2 aromatic carbocycles. The fraction of sp³-hybridized carbons (Fsp3) is 0.387. The van der Waals surface area contributed by atoms with Crippen molar-refractivity contribution in [3.63, 3.8) is 0 Å². The van der Waals surface area contributed by atoms with Gasteiger partial charge in [0.2, 0.25) is 16.4 Å². The molecular formula is C31H40N6O6S2. The summed E-state index contributed by atoms with van der Waals surface area (Å²) in [6.45, 7) is 8.22. The van der Waals surface area contributed by atoms with Crippen molar-refractivity contribution in [3.05, 3.63) is 64.6 Å². The van der Waals surface area contributed by atoms with Crippen LogP contribution in [0.15, 0.2) is 58.1 Å². The number of nitrogens with two attached hydrogens (primary N) is 1. The molecule has 1 amide bonds. The van der Waals surface area contributed by atoms with E-state index in [1.807, 2.05) is 31.1 Å². The van der Waals surface area contributed by atoms with Gasteiger partial charge < -0.3 is 20.3 Å². The Bertz CT molecular complexity index is 1710. The van der Waals surface area contributed by atoms with Crippen LogP contribution in [-0.2, 0) is 35.7 Å². The maximum absolute atomic E-state index is 13.4. The van der Waals surface area contributed by atoms with Gasteiger partial charge in [0.05, 0.1) is 18.0 Å². The number of carbonyl (C=O) groups is 3. The van der Waals surface area contributed by atoms with Gasteiger partial charge in [-0.05, 0) is 32.9 Å². The summed E-state index contributed by atoms with van der Waals surface area (Å²) in [6, 6.07) is 9.17. The minimum Gasteiger partial charge on any atom is -0.464 e. The number of rotatable bonds is 14. The molecule has 0 aliphatic carbocycles. The second-order valence-electron chi connectivity index (χ2n) is 10.9. The summed E-state index contributed by atoms with van der Waals surface area (Å²) in [5, 5.41) is 1.14. The number of nitrogens with zero attached hydrogens (tertiary/aromatic N) is 4. The summed E-state index contributed by atoms with van der Waals surface area (Å²) in [5.74, 6) is -0.347. The van der Waals surface area contributed by atoms with E-state index in [0.29, 0.717) is 33.8 Å². The Morgan fingerprint density at radius 2 is 1.78 bits per heavy atom. The van der Waals surface area contributed by atoms with E-state index in [1.165, 1.54) is 24.1 Å². The number of hydrogen-bond donors (Lipinski definition) is 2. The summed E-state index contributed by atoms with van der Waals surface area (Å²) in [5.41, 5.74) is 7.87. The van der Waals surface area contributed by atoms with Crippen LogP contribution in [0.2, 0.25) is 0 Å². The quantitative estimate of drug-likeness (QED) is 0.190. The van der Waals surface area contributed by atoms with Gasteiger partial charge in [-0.2, -0.15) is 4.72 Å². The second kappa shape index (κ2) is 15.3. The molecule has 12 nitrogen and oxygen atoms in total. The van der Waals surface area contributed by atoms with Gasteiger partial charge in [0.15, 0.2) is 5.12 Å². The number of amides is 1. The van der Waals surface area contributed by atoms with Crippen molar-refractivity contribution in [1.29, 1.82) is 0 Å². The molecule has 0 bridgehead atoms. The van der Waals surface area contributed by atoms with E-state index in [2.05, 4.69) is 14.7 Å². The van der Waals surface area contributed by atoms with E-state index in [9.17, 15) is 22.8 Å². The topological polar surface area (TPSA) is 165 Å². The number of aryl methyl sites for hydroxylation is 1. The van der Waals surface area contributed by atoms with Crippen molar-refractivity contribution < 1.29 is 27.5 Å². The molecule has 0 saturated carbocycles. The lowest BCUT2D eigenvalue weighted by Crippen LogP contribution is -2.39. The van der Waals surface area contributed by atoms with Crippen LogP contribution in [0.25, 0.3) is 10.8 Å². The van der Waals surface area contributed by atoms with Crippen LogP contribution >= 0.6 is 11.8 Å². The molecule has 0 spiro atoms. The molecule has 0 aliphatic rings. The number of sulfonamides is 1. The summed E-state index contributed by atoms with van der Waals surface area (Å²) >= 11 is 0.965. The fourth-order valence-electron chi connectivity index (χ4n) is 4.36. The lowest BCUT2D eigenvalue weighted by Gasteiger charge is -2.22. The van der Waals surface area contributed by atoms with E-state index in [1.54, 1.807) is 45.9 Å². The van der Waals surface area contributed by atoms with Crippen molar-refractivity contribution in [1.82, 2.24) is 19.6 Å². The van der Waals surface area contributed by atoms with Crippen LogP contribution in [0, 0.1) is 12.8 Å². The van der Waals surface area contributed by atoms with Crippen LogP contribution in [-0.4, -0.2) is 67.5 Å². The van der Waals surface area contributed by atoms with Gasteiger partial charge in [-0.1, -0.05) is 49.9 Å². The molecule has 3 N–H and O–H groups in total. The number of nitrogen functional groups attached to an aromatic ring is 1. The molecule has 14 heteroatoms. The SMILES string of the molecule is CC(=C(CCOC(=O)C(C)NS(=O)(=O)c1cccc2c(N(C)C)cccc12)SC(=O)C(C)C)N(C=O)Cc1cnc(C)nc1N. The highest BCUT2D eigenvalue weighted by Crippen LogP contribution is 2.31. The third kappa shape index (κ3) is 9.02. The van der Waals surface area contributed by atoms with E-state index >= 15 is 0 Å². The van der Waals surface area contributed by atoms with Crippen LogP contribution in [0.3, 0.4) is 0 Å². The Balaban J connectivity index is 1.75. The Labute approximate surface area is 268 Å². The first-order chi connectivity index (χ1) is 21.2. The molecule has 1 unspecified atom stereocenters. The number of esters is 1. The number of carbonyl (C=O) groups excluding carboxylic acids is 3. The van der Waals surface area contributed by atoms with E-state index in [4.69, 9.17) is 10.5 Å². The zero-order valence-corrected chi connectivity index (χ0v) is 28.2. The highest BCUT2D eigenvalue weighted by molar-refractivity contribution is 8.17. The van der Waals surface area contributed by atoms with Crippen molar-refractivity contribution in [3.8, 4) is 0 Å². The fourth-order valence-corrected chi connectivity index (χ4v) is 6.70. The number of aromatic nitrogens is 2. The first-order valence-corrected chi connectivity index (χ1v) is 16.6. The minimum absolute atomic E-state index is 0.0429. The maximum atomic E-state index is 13.4. The highest BCUT2D eigenvalue weighted by Gasteiger charge is 2.26. The smallest absolute Gasteiger partial charge is 0.323 e. The summed E-state index contributed by atoms with van der Waals surface area (Å²) in [7, 11) is -0.354. The van der Waals surface area contributed by atoms with Gasteiger partial charge in [0.1, 0.15) is 17.7 Å². The number of allylic oxidation sites excluding steroid dienone is 1. The third-order valence-corrected chi connectivity index (χ3v) is 9.92. The molecule has 45 heavy (non-hydrogen) atoms. The highest BCUT2D eigenvalue weighted by atomic mass is 32.2. The molecule has 1 aromatic heterocycles. The molecule has 1 heterocycles. The molecule has 3 aromatic rings. The number of nitrogens with one attached hydrogen (secondary N) is 1. The largest absolute Gasteiger partial charge is 0.464 e. The summed E-state index contributed by atoms with van der Waals surface area (Å²) in [6.07, 6.45) is 2.27. The van der Waals surface area contributed by atoms with Crippen LogP contribution < -0.4 is 15.4 Å². The van der Waals surface area contributed by atoms with E-state index in [-0.39, 0.29) is 41.3 Å². The van der Waals surface area contributed by atoms with Crippen LogP contribution in [0.1, 0.15) is 45.5 Å². The molecule has 0 saturated heterocycles. The van der Waals surface area contributed by atoms with Crippen LogP contribution in [0.5, 0.6) is 0 Å². The number of thioether (sulfide) groups is 1. The summed E-state index contributed by atoms with van der Waals surface area (Å²) in [4.78, 5) is 49.7. The Morgan fingerprint density at radius 3 is 2.40 bits per heavy atom.